The van der Waals surface area contributed by atoms with Crippen LogP contribution in [0, 0.1) is 0 Å². The Bertz CT molecular complexity index is 583. The van der Waals surface area contributed by atoms with Crippen molar-refractivity contribution < 1.29 is 9.21 Å². The van der Waals surface area contributed by atoms with Gasteiger partial charge >= 0.3 is 0 Å². The van der Waals surface area contributed by atoms with Crippen molar-refractivity contribution in [3.63, 3.8) is 0 Å². The minimum absolute atomic E-state index is 0.449. The third kappa shape index (κ3) is 2.84. The van der Waals surface area contributed by atoms with Crippen molar-refractivity contribution in [3.8, 4) is 0 Å². The fourth-order valence-electron chi connectivity index (χ4n) is 2.98. The van der Waals surface area contributed by atoms with Crippen molar-refractivity contribution in [2.75, 3.05) is 5.32 Å². The monoisotopic (exact) mass is 272 g/mol. The molecule has 0 spiro atoms. The predicted molar refractivity (Wildman–Crippen MR) is 78.8 cm³/mol. The predicted octanol–water partition coefficient (Wildman–Crippen LogP) is 4.22. The van der Waals surface area contributed by atoms with Gasteiger partial charge in [0.2, 0.25) is 6.41 Å². The average Bonchev–Trinajstić information content (AvgIpc) is 2.81. The number of aromatic nitrogens is 1. The molecule has 1 aromatic heterocycles. The number of oxazole rings is 1. The van der Waals surface area contributed by atoms with E-state index in [1.165, 1.54) is 44.9 Å². The molecule has 1 aromatic carbocycles. The van der Waals surface area contributed by atoms with Crippen LogP contribution in [0.25, 0.3) is 11.1 Å². The fourth-order valence-corrected chi connectivity index (χ4v) is 2.98. The third-order valence-corrected chi connectivity index (χ3v) is 4.08. The van der Waals surface area contributed by atoms with Gasteiger partial charge in [-0.15, -0.1) is 0 Å². The van der Waals surface area contributed by atoms with Crippen molar-refractivity contribution >= 4 is 23.2 Å². The fraction of sp³-hybridized carbons (Fsp3) is 0.500. The Balaban J connectivity index is 1.85. The van der Waals surface area contributed by atoms with E-state index in [0.717, 1.165) is 22.7 Å². The molecule has 0 aliphatic heterocycles. The van der Waals surface area contributed by atoms with E-state index in [9.17, 15) is 4.79 Å². The Morgan fingerprint density at radius 1 is 1.15 bits per heavy atom. The second kappa shape index (κ2) is 6.07. The molecule has 20 heavy (non-hydrogen) atoms. The van der Waals surface area contributed by atoms with Crippen LogP contribution in [0.5, 0.6) is 0 Å². The van der Waals surface area contributed by atoms with E-state index in [2.05, 4.69) is 10.3 Å². The van der Waals surface area contributed by atoms with Gasteiger partial charge in [-0.05, 0) is 31.0 Å². The second-order valence-corrected chi connectivity index (χ2v) is 5.54. The maximum atomic E-state index is 10.5. The Hall–Kier alpha value is -1.84. The highest BCUT2D eigenvalue weighted by Crippen LogP contribution is 2.32. The molecule has 1 fully saturated rings. The lowest BCUT2D eigenvalue weighted by Crippen LogP contribution is -2.02. The van der Waals surface area contributed by atoms with E-state index in [1.54, 1.807) is 0 Å². The van der Waals surface area contributed by atoms with Gasteiger partial charge in [0.05, 0.1) is 0 Å². The van der Waals surface area contributed by atoms with Gasteiger partial charge in [-0.2, -0.15) is 0 Å². The molecule has 0 bridgehead atoms. The van der Waals surface area contributed by atoms with Crippen molar-refractivity contribution in [2.45, 2.75) is 50.9 Å². The molecule has 2 aromatic rings. The Kier molecular flexibility index (Phi) is 4.00. The summed E-state index contributed by atoms with van der Waals surface area (Å²) in [6.07, 6.45) is 9.56. The van der Waals surface area contributed by atoms with Crippen LogP contribution in [0.1, 0.15) is 56.8 Å². The van der Waals surface area contributed by atoms with E-state index in [-0.39, 0.29) is 0 Å². The van der Waals surface area contributed by atoms with Gasteiger partial charge in [0.25, 0.3) is 0 Å². The van der Waals surface area contributed by atoms with Gasteiger partial charge < -0.3 is 9.73 Å². The summed E-state index contributed by atoms with van der Waals surface area (Å²) in [5.41, 5.74) is 2.39. The van der Waals surface area contributed by atoms with Crippen LogP contribution in [0.3, 0.4) is 0 Å². The number of anilines is 1. The van der Waals surface area contributed by atoms with Gasteiger partial charge in [0.1, 0.15) is 5.52 Å². The van der Waals surface area contributed by atoms with Crippen LogP contribution >= 0.6 is 0 Å². The molecule has 0 unspecified atom stereocenters. The smallest absolute Gasteiger partial charge is 0.211 e. The molecule has 0 radical (unpaired) electrons. The van der Waals surface area contributed by atoms with E-state index < -0.39 is 0 Å². The SMILES string of the molecule is O=CNc1ccc2oc(C3CCCCCCC3)nc2c1. The summed E-state index contributed by atoms with van der Waals surface area (Å²) < 4.78 is 5.91. The number of benzene rings is 1. The van der Waals surface area contributed by atoms with E-state index in [4.69, 9.17) is 4.42 Å². The number of amides is 1. The highest BCUT2D eigenvalue weighted by molar-refractivity contribution is 5.81. The Morgan fingerprint density at radius 3 is 2.65 bits per heavy atom. The van der Waals surface area contributed by atoms with Gasteiger partial charge in [-0.3, -0.25) is 4.79 Å². The first kappa shape index (κ1) is 13.2. The summed E-state index contributed by atoms with van der Waals surface area (Å²) in [6, 6.07) is 5.57. The quantitative estimate of drug-likeness (QED) is 0.851. The summed E-state index contributed by atoms with van der Waals surface area (Å²) in [4.78, 5) is 15.1. The number of hydrogen-bond acceptors (Lipinski definition) is 3. The molecule has 1 N–H and O–H groups in total. The van der Waals surface area contributed by atoms with Crippen molar-refractivity contribution in [1.82, 2.24) is 4.98 Å². The molecule has 0 saturated heterocycles. The third-order valence-electron chi connectivity index (χ3n) is 4.08. The van der Waals surface area contributed by atoms with Crippen molar-refractivity contribution in [2.24, 2.45) is 0 Å². The first-order chi connectivity index (χ1) is 9.86. The lowest BCUT2D eigenvalue weighted by molar-refractivity contribution is -0.105. The molecule has 3 rings (SSSR count). The molecule has 1 heterocycles. The van der Waals surface area contributed by atoms with Gasteiger partial charge in [-0.25, -0.2) is 4.98 Å². The first-order valence-corrected chi connectivity index (χ1v) is 7.47. The van der Waals surface area contributed by atoms with E-state index >= 15 is 0 Å². The highest BCUT2D eigenvalue weighted by atomic mass is 16.3. The minimum atomic E-state index is 0.449. The Morgan fingerprint density at radius 2 is 1.90 bits per heavy atom. The summed E-state index contributed by atoms with van der Waals surface area (Å²) in [5.74, 6) is 1.32. The zero-order valence-corrected chi connectivity index (χ0v) is 11.6. The molecule has 1 aliphatic rings. The maximum absolute atomic E-state index is 10.5. The minimum Gasteiger partial charge on any atom is -0.440 e. The molecular weight excluding hydrogens is 252 g/mol. The zero-order valence-electron chi connectivity index (χ0n) is 11.6. The largest absolute Gasteiger partial charge is 0.440 e. The summed E-state index contributed by atoms with van der Waals surface area (Å²) >= 11 is 0. The van der Waals surface area contributed by atoms with Crippen molar-refractivity contribution in [1.29, 1.82) is 0 Å². The molecule has 4 heteroatoms. The summed E-state index contributed by atoms with van der Waals surface area (Å²) in [7, 11) is 0. The van der Waals surface area contributed by atoms with Crippen LogP contribution in [0.4, 0.5) is 5.69 Å². The highest BCUT2D eigenvalue weighted by Gasteiger charge is 2.19. The normalized spacial score (nSPS) is 17.6. The number of nitrogens with one attached hydrogen (secondary N) is 1. The number of carbonyl (C=O) groups is 1. The average molecular weight is 272 g/mol. The van der Waals surface area contributed by atoms with Crippen LogP contribution in [0.15, 0.2) is 22.6 Å². The molecule has 0 atom stereocenters. The van der Waals surface area contributed by atoms with E-state index in [0.29, 0.717) is 12.3 Å². The Labute approximate surface area is 118 Å². The number of carbonyl (C=O) groups excluding carboxylic acids is 1. The number of hydrogen-bond donors (Lipinski definition) is 1. The maximum Gasteiger partial charge on any atom is 0.211 e. The molecule has 106 valence electrons. The molecule has 1 saturated carbocycles. The zero-order chi connectivity index (χ0) is 13.8. The van der Waals surface area contributed by atoms with Gasteiger partial charge in [0.15, 0.2) is 11.5 Å². The second-order valence-electron chi connectivity index (χ2n) is 5.54. The molecule has 4 nitrogen and oxygen atoms in total. The van der Waals surface area contributed by atoms with Gasteiger partial charge in [-0.1, -0.05) is 32.1 Å². The molecular formula is C16H20N2O2. The number of rotatable bonds is 3. The van der Waals surface area contributed by atoms with Crippen LogP contribution in [-0.4, -0.2) is 11.4 Å². The van der Waals surface area contributed by atoms with E-state index in [1.807, 2.05) is 18.2 Å². The van der Waals surface area contributed by atoms with Crippen molar-refractivity contribution in [3.05, 3.63) is 24.1 Å². The van der Waals surface area contributed by atoms with Crippen LogP contribution < -0.4 is 5.32 Å². The summed E-state index contributed by atoms with van der Waals surface area (Å²) in [5, 5.41) is 2.64. The summed E-state index contributed by atoms with van der Waals surface area (Å²) in [6.45, 7) is 0. The van der Waals surface area contributed by atoms with Crippen LogP contribution in [-0.2, 0) is 4.79 Å². The number of fused-ring (bicyclic) bond motifs is 1. The van der Waals surface area contributed by atoms with Crippen LogP contribution in [0.2, 0.25) is 0 Å². The molecule has 1 amide bonds. The molecule has 1 aliphatic carbocycles. The lowest BCUT2D eigenvalue weighted by Gasteiger charge is -2.16. The van der Waals surface area contributed by atoms with Gasteiger partial charge in [0, 0.05) is 11.6 Å². The standard InChI is InChI=1S/C16H20N2O2/c19-11-17-13-8-9-15-14(10-13)18-16(20-15)12-6-4-2-1-3-5-7-12/h8-12H,1-7H2,(H,17,19). The topological polar surface area (TPSA) is 55.1 Å². The first-order valence-electron chi connectivity index (χ1n) is 7.47. The number of nitrogens with zero attached hydrogens (tertiary/aromatic N) is 1. The lowest BCUT2D eigenvalue weighted by atomic mass is 9.91.